The van der Waals surface area contributed by atoms with Crippen LogP contribution in [0.4, 0.5) is 0 Å². The van der Waals surface area contributed by atoms with Gasteiger partial charge < -0.3 is 15.4 Å². The number of methoxy groups -OCH3 is 1. The molecule has 0 radical (unpaired) electrons. The molecule has 3 aromatic rings. The molecule has 2 amide bonds. The summed E-state index contributed by atoms with van der Waals surface area (Å²) in [5.74, 6) is 0.343. The van der Waals surface area contributed by atoms with Crippen LogP contribution in [0.5, 0.6) is 5.75 Å². The molecule has 0 spiro atoms. The summed E-state index contributed by atoms with van der Waals surface area (Å²) in [7, 11) is 1.60. The molecule has 2 aromatic carbocycles. The number of hydrogen-bond donors (Lipinski definition) is 2. The van der Waals surface area contributed by atoms with Crippen molar-refractivity contribution < 1.29 is 14.3 Å². The molecule has 0 fully saturated rings. The molecular weight excluding hydrogens is 356 g/mol. The Bertz CT molecular complexity index is 950. The fourth-order valence-electron chi connectivity index (χ4n) is 2.72. The summed E-state index contributed by atoms with van der Waals surface area (Å²) in [4.78, 5) is 23.7. The molecule has 3 rings (SSSR count). The van der Waals surface area contributed by atoms with Crippen LogP contribution in [-0.2, 0) is 4.79 Å². The van der Waals surface area contributed by atoms with E-state index in [0.717, 1.165) is 17.0 Å². The predicted molar refractivity (Wildman–Crippen MR) is 107 cm³/mol. The minimum absolute atomic E-state index is 0.134. The van der Waals surface area contributed by atoms with Crippen LogP contribution >= 0.6 is 0 Å². The third kappa shape index (κ3) is 4.56. The third-order valence-corrected chi connectivity index (χ3v) is 4.13. The van der Waals surface area contributed by atoms with E-state index < -0.39 is 0 Å². The minimum Gasteiger partial charge on any atom is -0.497 e. The molecule has 0 atom stereocenters. The average Bonchev–Trinajstić information content (AvgIpc) is 3.17. The Kier molecular flexibility index (Phi) is 6.06. The van der Waals surface area contributed by atoms with Gasteiger partial charge in [0.25, 0.3) is 5.91 Å². The van der Waals surface area contributed by atoms with Gasteiger partial charge in [-0.2, -0.15) is 5.10 Å². The molecule has 144 valence electrons. The molecule has 7 nitrogen and oxygen atoms in total. The van der Waals surface area contributed by atoms with Crippen molar-refractivity contribution in [2.45, 2.75) is 6.92 Å². The number of ether oxygens (including phenoxy) is 1. The number of para-hydroxylation sites is 1. The van der Waals surface area contributed by atoms with Crippen molar-refractivity contribution in [3.8, 4) is 22.7 Å². The van der Waals surface area contributed by atoms with Gasteiger partial charge in [0.15, 0.2) is 0 Å². The van der Waals surface area contributed by atoms with Gasteiger partial charge in [0.1, 0.15) is 11.4 Å². The average molecular weight is 378 g/mol. The number of benzene rings is 2. The second-order valence-corrected chi connectivity index (χ2v) is 6.14. The van der Waals surface area contributed by atoms with Gasteiger partial charge in [-0.1, -0.05) is 18.2 Å². The maximum Gasteiger partial charge on any atom is 0.255 e. The molecule has 0 aliphatic heterocycles. The van der Waals surface area contributed by atoms with E-state index in [1.807, 2.05) is 54.6 Å². The first-order valence-electron chi connectivity index (χ1n) is 8.90. The second-order valence-electron chi connectivity index (χ2n) is 6.14. The minimum atomic E-state index is -0.252. The van der Waals surface area contributed by atoms with Crippen LogP contribution in [0, 0.1) is 0 Å². The molecule has 2 N–H and O–H groups in total. The number of carbonyl (C=O) groups excluding carboxylic acids is 2. The Morgan fingerprint density at radius 2 is 1.68 bits per heavy atom. The van der Waals surface area contributed by atoms with E-state index in [4.69, 9.17) is 4.74 Å². The Morgan fingerprint density at radius 3 is 2.32 bits per heavy atom. The van der Waals surface area contributed by atoms with Crippen LogP contribution < -0.4 is 15.4 Å². The third-order valence-electron chi connectivity index (χ3n) is 4.13. The molecule has 0 unspecified atom stereocenters. The lowest BCUT2D eigenvalue weighted by atomic mass is 10.1. The Labute approximate surface area is 163 Å². The van der Waals surface area contributed by atoms with E-state index in [2.05, 4.69) is 15.7 Å². The largest absolute Gasteiger partial charge is 0.497 e. The summed E-state index contributed by atoms with van der Waals surface area (Å²) < 4.78 is 6.89. The maximum absolute atomic E-state index is 12.7. The van der Waals surface area contributed by atoms with Crippen LogP contribution in [0.3, 0.4) is 0 Å². The van der Waals surface area contributed by atoms with Crippen LogP contribution in [0.1, 0.15) is 17.3 Å². The van der Waals surface area contributed by atoms with Gasteiger partial charge in [-0.25, -0.2) is 4.68 Å². The maximum atomic E-state index is 12.7. The van der Waals surface area contributed by atoms with Crippen molar-refractivity contribution in [1.29, 1.82) is 0 Å². The van der Waals surface area contributed by atoms with E-state index in [9.17, 15) is 9.59 Å². The summed E-state index contributed by atoms with van der Waals surface area (Å²) >= 11 is 0. The molecule has 0 bridgehead atoms. The Hall–Kier alpha value is -3.61. The van der Waals surface area contributed by atoms with Crippen molar-refractivity contribution >= 4 is 11.8 Å². The first-order chi connectivity index (χ1) is 13.6. The molecule has 0 aliphatic rings. The summed E-state index contributed by atoms with van der Waals surface area (Å²) in [5.41, 5.74) is 2.69. The van der Waals surface area contributed by atoms with E-state index in [-0.39, 0.29) is 11.8 Å². The van der Waals surface area contributed by atoms with Crippen LogP contribution in [0.2, 0.25) is 0 Å². The van der Waals surface area contributed by atoms with Crippen molar-refractivity contribution in [3.63, 3.8) is 0 Å². The van der Waals surface area contributed by atoms with Crippen LogP contribution in [-0.4, -0.2) is 41.8 Å². The highest BCUT2D eigenvalue weighted by Gasteiger charge is 2.18. The molecule has 0 aliphatic carbocycles. The number of amides is 2. The van der Waals surface area contributed by atoms with Gasteiger partial charge in [0, 0.05) is 31.8 Å². The molecule has 7 heteroatoms. The second kappa shape index (κ2) is 8.85. The normalized spacial score (nSPS) is 10.4. The van der Waals surface area contributed by atoms with Gasteiger partial charge in [-0.3, -0.25) is 9.59 Å². The molecule has 1 aromatic heterocycles. The zero-order valence-corrected chi connectivity index (χ0v) is 15.8. The fourth-order valence-corrected chi connectivity index (χ4v) is 2.72. The number of nitrogens with one attached hydrogen (secondary N) is 2. The van der Waals surface area contributed by atoms with Crippen molar-refractivity contribution in [3.05, 3.63) is 66.4 Å². The first kappa shape index (κ1) is 19.2. The van der Waals surface area contributed by atoms with Crippen LogP contribution in [0.15, 0.2) is 60.8 Å². The standard InChI is InChI=1S/C21H22N4O3/c1-15(26)22-12-13-23-21(27)19-14-25(17-6-4-3-5-7-17)24-20(19)16-8-10-18(28-2)11-9-16/h3-11,14H,12-13H2,1-2H3,(H,22,26)(H,23,27). The van der Waals surface area contributed by atoms with Gasteiger partial charge in [0.2, 0.25) is 5.91 Å². The van der Waals surface area contributed by atoms with Gasteiger partial charge in [-0.15, -0.1) is 0 Å². The predicted octanol–water partition coefficient (Wildman–Crippen LogP) is 2.41. The Morgan fingerprint density at radius 1 is 1.00 bits per heavy atom. The fraction of sp³-hybridized carbons (Fsp3) is 0.190. The summed E-state index contributed by atoms with van der Waals surface area (Å²) in [6.45, 7) is 2.14. The van der Waals surface area contributed by atoms with E-state index >= 15 is 0 Å². The lowest BCUT2D eigenvalue weighted by molar-refractivity contribution is -0.118. The molecule has 0 saturated carbocycles. The lowest BCUT2D eigenvalue weighted by Gasteiger charge is -2.06. The van der Waals surface area contributed by atoms with Crippen molar-refractivity contribution in [2.75, 3.05) is 20.2 Å². The summed E-state index contributed by atoms with van der Waals surface area (Å²) in [6, 6.07) is 17.0. The zero-order chi connectivity index (χ0) is 19.9. The number of nitrogens with zero attached hydrogens (tertiary/aromatic N) is 2. The quantitative estimate of drug-likeness (QED) is 0.619. The summed E-state index contributed by atoms with van der Waals surface area (Å²) in [6.07, 6.45) is 1.71. The van der Waals surface area contributed by atoms with Gasteiger partial charge in [-0.05, 0) is 36.4 Å². The SMILES string of the molecule is COc1ccc(-c2nn(-c3ccccc3)cc2C(=O)NCCNC(C)=O)cc1. The van der Waals surface area contributed by atoms with E-state index in [1.54, 1.807) is 18.0 Å². The smallest absolute Gasteiger partial charge is 0.255 e. The van der Waals surface area contributed by atoms with Crippen molar-refractivity contribution in [1.82, 2.24) is 20.4 Å². The van der Waals surface area contributed by atoms with Gasteiger partial charge in [0.05, 0.1) is 18.4 Å². The lowest BCUT2D eigenvalue weighted by Crippen LogP contribution is -2.33. The van der Waals surface area contributed by atoms with E-state index in [1.165, 1.54) is 6.92 Å². The monoisotopic (exact) mass is 378 g/mol. The molecular formula is C21H22N4O3. The Balaban J connectivity index is 1.90. The number of rotatable bonds is 7. The molecule has 1 heterocycles. The van der Waals surface area contributed by atoms with Crippen LogP contribution in [0.25, 0.3) is 16.9 Å². The highest BCUT2D eigenvalue weighted by molar-refractivity contribution is 6.00. The number of hydrogen-bond acceptors (Lipinski definition) is 4. The molecule has 0 saturated heterocycles. The highest BCUT2D eigenvalue weighted by atomic mass is 16.5. The number of aromatic nitrogens is 2. The topological polar surface area (TPSA) is 85.2 Å². The highest BCUT2D eigenvalue weighted by Crippen LogP contribution is 2.25. The zero-order valence-electron chi connectivity index (χ0n) is 15.8. The number of carbonyl (C=O) groups is 2. The molecule has 28 heavy (non-hydrogen) atoms. The summed E-state index contributed by atoms with van der Waals surface area (Å²) in [5, 5.41) is 10.1. The van der Waals surface area contributed by atoms with Gasteiger partial charge >= 0.3 is 0 Å². The van der Waals surface area contributed by atoms with Crippen molar-refractivity contribution in [2.24, 2.45) is 0 Å². The van der Waals surface area contributed by atoms with E-state index in [0.29, 0.717) is 24.3 Å². The first-order valence-corrected chi connectivity index (χ1v) is 8.90.